The van der Waals surface area contributed by atoms with Gasteiger partial charge in [-0.3, -0.25) is 0 Å². The van der Waals surface area contributed by atoms with Gasteiger partial charge in [0.2, 0.25) is 0 Å². The number of hydrogen-bond acceptors (Lipinski definition) is 0. The van der Waals surface area contributed by atoms with E-state index in [1.54, 1.807) is 0 Å². The van der Waals surface area contributed by atoms with E-state index in [1.165, 1.54) is 0 Å². The van der Waals surface area contributed by atoms with Gasteiger partial charge in [-0.25, -0.2) is 8.78 Å². The number of alkyl halides is 5. The van der Waals surface area contributed by atoms with Gasteiger partial charge >= 0.3 is 12.6 Å². The van der Waals surface area contributed by atoms with Gasteiger partial charge in [-0.2, -0.15) is 22.0 Å². The van der Waals surface area contributed by atoms with Crippen LogP contribution in [0, 0.1) is 0 Å². The quantitative estimate of drug-likeness (QED) is 0.507. The maximum absolute atomic E-state index is 10.4. The van der Waals surface area contributed by atoms with Gasteiger partial charge in [0.15, 0.2) is 0 Å². The van der Waals surface area contributed by atoms with Gasteiger partial charge in [-0.05, 0) is 6.58 Å². The molecule has 0 aromatic carbocycles. The van der Waals surface area contributed by atoms with Crippen LogP contribution in [0.3, 0.4) is 0 Å². The van der Waals surface area contributed by atoms with Crippen molar-refractivity contribution in [2.45, 2.75) is 12.6 Å². The third-order valence-electron chi connectivity index (χ3n) is 0.247. The maximum atomic E-state index is 10.4. The first-order chi connectivity index (χ1) is 4.68. The Morgan fingerprint density at radius 1 is 1.09 bits per heavy atom. The van der Waals surface area contributed by atoms with Crippen LogP contribution in [0.1, 0.15) is 0 Å². The summed E-state index contributed by atoms with van der Waals surface area (Å²) in [6.45, 7) is 2.22. The first-order valence-electron chi connectivity index (χ1n) is 2.02. The predicted molar refractivity (Wildman–Crippen MR) is 23.4 cm³/mol. The van der Waals surface area contributed by atoms with E-state index in [4.69, 9.17) is 0 Å². The third-order valence-corrected chi connectivity index (χ3v) is 0.247. The minimum Gasteiger partial charge on any atom is -0.200 e. The van der Waals surface area contributed by atoms with E-state index in [1.807, 2.05) is 0 Å². The number of halogens is 7. The molecule has 0 rings (SSSR count). The molecule has 68 valence electrons. The Kier molecular flexibility index (Phi) is 5.83. The van der Waals surface area contributed by atoms with Crippen molar-refractivity contribution in [3.8, 4) is 0 Å². The van der Waals surface area contributed by atoms with Gasteiger partial charge in [0.1, 0.15) is 0 Å². The van der Waals surface area contributed by atoms with E-state index in [2.05, 4.69) is 6.58 Å². The molecule has 0 atom stereocenters. The molecule has 0 radical (unpaired) electrons. The molecule has 11 heavy (non-hydrogen) atoms. The summed E-state index contributed by atoms with van der Waals surface area (Å²) in [6, 6.07) is 0. The molecule has 0 heterocycles. The molecule has 0 unspecified atom stereocenters. The zero-order valence-corrected chi connectivity index (χ0v) is 4.93. The molecule has 0 aromatic rings. The molecule has 0 saturated heterocycles. The molecule has 0 aromatic heterocycles. The third kappa shape index (κ3) is 17.6. The van der Waals surface area contributed by atoms with E-state index >= 15 is 0 Å². The zero-order valence-electron chi connectivity index (χ0n) is 4.93. The maximum Gasteiger partial charge on any atom is 0.450 e. The summed E-state index contributed by atoms with van der Waals surface area (Å²) in [5.41, 5.74) is 0. The highest BCUT2D eigenvalue weighted by Crippen LogP contribution is 2.22. The highest BCUT2D eigenvalue weighted by atomic mass is 19.4. The molecule has 0 aliphatic rings. The SMILES string of the molecule is C=C(F)F.FC(F)C(F)(F)F. The number of rotatable bonds is 0. The van der Waals surface area contributed by atoms with E-state index in [9.17, 15) is 30.7 Å². The van der Waals surface area contributed by atoms with Crippen molar-refractivity contribution < 1.29 is 30.7 Å². The van der Waals surface area contributed by atoms with Crippen LogP contribution in [0.25, 0.3) is 0 Å². The minimum atomic E-state index is -5.33. The van der Waals surface area contributed by atoms with Crippen molar-refractivity contribution in [3.63, 3.8) is 0 Å². The smallest absolute Gasteiger partial charge is 0.200 e. The Hall–Kier alpha value is -0.750. The minimum absolute atomic E-state index is 1.83. The summed E-state index contributed by atoms with van der Waals surface area (Å²) in [7, 11) is 0. The Morgan fingerprint density at radius 2 is 1.18 bits per heavy atom. The van der Waals surface area contributed by atoms with Gasteiger partial charge in [0, 0.05) is 0 Å². The first kappa shape index (κ1) is 12.9. The Labute approximate surface area is 57.3 Å². The molecule has 7 heteroatoms. The van der Waals surface area contributed by atoms with Gasteiger partial charge in [0.05, 0.1) is 0 Å². The summed E-state index contributed by atoms with van der Waals surface area (Å²) in [4.78, 5) is 0. The summed E-state index contributed by atoms with van der Waals surface area (Å²) in [5.74, 6) is 0. The lowest BCUT2D eigenvalue weighted by Gasteiger charge is -2.00. The normalized spacial score (nSPS) is 10.5. The summed E-state index contributed by atoms with van der Waals surface area (Å²) >= 11 is 0. The lowest BCUT2D eigenvalue weighted by Crippen LogP contribution is -2.18. The van der Waals surface area contributed by atoms with Crippen molar-refractivity contribution in [2.24, 2.45) is 0 Å². The van der Waals surface area contributed by atoms with Gasteiger partial charge < -0.3 is 0 Å². The fourth-order valence-electron chi connectivity index (χ4n) is 0. The summed E-state index contributed by atoms with van der Waals surface area (Å²) in [5, 5.41) is 0. The van der Waals surface area contributed by atoms with Crippen LogP contribution in [0.5, 0.6) is 0 Å². The molecule has 0 bridgehead atoms. The van der Waals surface area contributed by atoms with Crippen molar-refractivity contribution in [3.05, 3.63) is 12.7 Å². The van der Waals surface area contributed by atoms with Crippen molar-refractivity contribution in [1.29, 1.82) is 0 Å². The average molecular weight is 184 g/mol. The zero-order chi connectivity index (χ0) is 9.65. The van der Waals surface area contributed by atoms with E-state index in [-0.39, 0.29) is 0 Å². The van der Waals surface area contributed by atoms with Crippen LogP contribution in [-0.4, -0.2) is 12.6 Å². The second-order valence-electron chi connectivity index (χ2n) is 1.18. The van der Waals surface area contributed by atoms with Crippen LogP contribution in [-0.2, 0) is 0 Å². The van der Waals surface area contributed by atoms with Crippen LogP contribution in [0.15, 0.2) is 12.7 Å². The molecular formula is C4H3F7. The second-order valence-corrected chi connectivity index (χ2v) is 1.18. The summed E-state index contributed by atoms with van der Waals surface area (Å²) in [6.07, 6.45) is -11.4. The molecule has 0 saturated carbocycles. The van der Waals surface area contributed by atoms with Crippen molar-refractivity contribution in [1.82, 2.24) is 0 Å². The fraction of sp³-hybridized carbons (Fsp3) is 0.500. The van der Waals surface area contributed by atoms with Crippen LogP contribution in [0.2, 0.25) is 0 Å². The number of hydrogen-bond donors (Lipinski definition) is 0. The van der Waals surface area contributed by atoms with Gasteiger partial charge in [-0.1, -0.05) is 0 Å². The molecule has 0 spiro atoms. The highest BCUT2D eigenvalue weighted by molar-refractivity contribution is 4.57. The average Bonchev–Trinajstić information content (AvgIpc) is 1.59. The Balaban J connectivity index is 0. The van der Waals surface area contributed by atoms with Crippen molar-refractivity contribution in [2.75, 3.05) is 0 Å². The monoisotopic (exact) mass is 184 g/mol. The topological polar surface area (TPSA) is 0 Å². The molecular weight excluding hydrogens is 181 g/mol. The molecule has 0 nitrogen and oxygen atoms in total. The first-order valence-corrected chi connectivity index (χ1v) is 2.02. The second kappa shape index (κ2) is 4.97. The Bertz CT molecular complexity index is 108. The van der Waals surface area contributed by atoms with E-state index < -0.39 is 18.7 Å². The lowest BCUT2D eigenvalue weighted by atomic mass is 10.7. The van der Waals surface area contributed by atoms with Crippen LogP contribution >= 0.6 is 0 Å². The van der Waals surface area contributed by atoms with Gasteiger partial charge in [0.25, 0.3) is 6.08 Å². The summed E-state index contributed by atoms with van der Waals surface area (Å²) < 4.78 is 72.4. The van der Waals surface area contributed by atoms with Crippen LogP contribution in [0.4, 0.5) is 30.7 Å². The largest absolute Gasteiger partial charge is 0.450 e. The van der Waals surface area contributed by atoms with E-state index in [0.717, 1.165) is 0 Å². The van der Waals surface area contributed by atoms with E-state index in [0.29, 0.717) is 0 Å². The molecule has 0 aliphatic carbocycles. The van der Waals surface area contributed by atoms with Crippen molar-refractivity contribution >= 4 is 0 Å². The van der Waals surface area contributed by atoms with Crippen LogP contribution < -0.4 is 0 Å². The van der Waals surface area contributed by atoms with Gasteiger partial charge in [-0.15, -0.1) is 0 Å². The molecule has 0 fully saturated rings. The highest BCUT2D eigenvalue weighted by Gasteiger charge is 2.40. The fourth-order valence-corrected chi connectivity index (χ4v) is 0. The standard InChI is InChI=1S/C2HF5.C2H2F2/c3-1(4)2(5,6)7;1-2(3)4/h1H;1H2. The molecule has 0 aliphatic heterocycles. The lowest BCUT2D eigenvalue weighted by molar-refractivity contribution is -0.219. The molecule has 0 N–H and O–H groups in total. The Morgan fingerprint density at radius 3 is 1.18 bits per heavy atom. The molecule has 0 amide bonds. The predicted octanol–water partition coefficient (Wildman–Crippen LogP) is 3.21.